The second-order valence-corrected chi connectivity index (χ2v) is 5.30. The minimum atomic E-state index is -0.425. The van der Waals surface area contributed by atoms with Crippen molar-refractivity contribution in [1.29, 1.82) is 0 Å². The number of hydrogen-bond acceptors (Lipinski definition) is 4. The molecule has 0 aliphatic carbocycles. The third kappa shape index (κ3) is 3.51. The molecular formula is C12H21N3OS. The van der Waals surface area contributed by atoms with Gasteiger partial charge in [-0.3, -0.25) is 4.79 Å². The predicted octanol–water partition coefficient (Wildman–Crippen LogP) is 2.01. The van der Waals surface area contributed by atoms with Crippen LogP contribution in [0.1, 0.15) is 45.0 Å². The molecule has 2 atom stereocenters. The van der Waals surface area contributed by atoms with Crippen LogP contribution < -0.4 is 11.1 Å². The summed E-state index contributed by atoms with van der Waals surface area (Å²) in [6.07, 6.45) is 4.18. The van der Waals surface area contributed by atoms with Crippen molar-refractivity contribution in [3.05, 3.63) is 16.6 Å². The van der Waals surface area contributed by atoms with E-state index in [0.29, 0.717) is 6.42 Å². The summed E-state index contributed by atoms with van der Waals surface area (Å²) >= 11 is 1.55. The van der Waals surface area contributed by atoms with Crippen LogP contribution >= 0.6 is 11.3 Å². The third-order valence-electron chi connectivity index (χ3n) is 2.95. The average Bonchev–Trinajstić information content (AvgIpc) is 2.83. The number of carbonyl (C=O) groups excluding carboxylic acids is 1. The molecule has 2 unspecified atom stereocenters. The standard InChI is InChI=1S/C12H21N3OS/c1-4-6-9(13)10(16)15-12(3,5-2)11-14-7-8-17-11/h7-9H,4-6,13H2,1-3H3,(H,15,16). The van der Waals surface area contributed by atoms with Crippen LogP contribution in [-0.2, 0) is 10.3 Å². The fourth-order valence-corrected chi connectivity index (χ4v) is 2.42. The lowest BCUT2D eigenvalue weighted by atomic mass is 9.98. The molecule has 96 valence electrons. The molecule has 1 heterocycles. The van der Waals surface area contributed by atoms with Gasteiger partial charge in [-0.15, -0.1) is 11.3 Å². The fraction of sp³-hybridized carbons (Fsp3) is 0.667. The number of hydrogen-bond donors (Lipinski definition) is 2. The highest BCUT2D eigenvalue weighted by Gasteiger charge is 2.30. The van der Waals surface area contributed by atoms with Gasteiger partial charge in [-0.25, -0.2) is 4.98 Å². The monoisotopic (exact) mass is 255 g/mol. The largest absolute Gasteiger partial charge is 0.343 e. The Kier molecular flexibility index (Phi) is 5.08. The van der Waals surface area contributed by atoms with Crippen LogP contribution in [0.4, 0.5) is 0 Å². The van der Waals surface area contributed by atoms with Crippen LogP contribution in [0, 0.1) is 0 Å². The van der Waals surface area contributed by atoms with E-state index in [0.717, 1.165) is 17.8 Å². The number of nitrogens with two attached hydrogens (primary N) is 1. The van der Waals surface area contributed by atoms with E-state index < -0.39 is 11.6 Å². The van der Waals surface area contributed by atoms with E-state index in [4.69, 9.17) is 5.73 Å². The molecule has 1 rings (SSSR count). The molecule has 1 amide bonds. The zero-order valence-electron chi connectivity index (χ0n) is 10.7. The summed E-state index contributed by atoms with van der Waals surface area (Å²) in [5.74, 6) is -0.0913. The Morgan fingerprint density at radius 3 is 2.82 bits per heavy atom. The van der Waals surface area contributed by atoms with Crippen LogP contribution in [0.25, 0.3) is 0 Å². The minimum Gasteiger partial charge on any atom is -0.343 e. The number of nitrogens with one attached hydrogen (secondary N) is 1. The van der Waals surface area contributed by atoms with E-state index in [1.807, 2.05) is 26.2 Å². The Morgan fingerprint density at radius 2 is 2.35 bits per heavy atom. The van der Waals surface area contributed by atoms with Crippen molar-refractivity contribution in [2.24, 2.45) is 5.73 Å². The van der Waals surface area contributed by atoms with Crippen LogP contribution in [-0.4, -0.2) is 16.9 Å². The summed E-state index contributed by atoms with van der Waals surface area (Å²) in [7, 11) is 0. The Hall–Kier alpha value is -0.940. The van der Waals surface area contributed by atoms with Crippen molar-refractivity contribution in [1.82, 2.24) is 10.3 Å². The summed E-state index contributed by atoms with van der Waals surface area (Å²) < 4.78 is 0. The number of carbonyl (C=O) groups is 1. The topological polar surface area (TPSA) is 68.0 Å². The molecule has 0 aliphatic rings. The minimum absolute atomic E-state index is 0.0913. The Bertz CT molecular complexity index is 353. The van der Waals surface area contributed by atoms with Gasteiger partial charge < -0.3 is 11.1 Å². The van der Waals surface area contributed by atoms with Gasteiger partial charge in [-0.2, -0.15) is 0 Å². The molecule has 0 aliphatic heterocycles. The van der Waals surface area contributed by atoms with Crippen LogP contribution in [0.3, 0.4) is 0 Å². The van der Waals surface area contributed by atoms with Crippen molar-refractivity contribution in [2.45, 2.75) is 51.6 Å². The summed E-state index contributed by atoms with van der Waals surface area (Å²) in [5.41, 5.74) is 5.41. The predicted molar refractivity (Wildman–Crippen MR) is 70.8 cm³/mol. The summed E-state index contributed by atoms with van der Waals surface area (Å²) in [6.45, 7) is 6.04. The Morgan fingerprint density at radius 1 is 1.65 bits per heavy atom. The van der Waals surface area contributed by atoms with E-state index in [1.165, 1.54) is 0 Å². The number of rotatable bonds is 6. The molecule has 17 heavy (non-hydrogen) atoms. The van der Waals surface area contributed by atoms with E-state index >= 15 is 0 Å². The zero-order chi connectivity index (χ0) is 12.9. The summed E-state index contributed by atoms with van der Waals surface area (Å²) in [4.78, 5) is 16.2. The third-order valence-corrected chi connectivity index (χ3v) is 3.98. The van der Waals surface area contributed by atoms with Gasteiger partial charge in [0.15, 0.2) is 0 Å². The molecule has 5 heteroatoms. The maximum atomic E-state index is 11.9. The highest BCUT2D eigenvalue weighted by Crippen LogP contribution is 2.26. The van der Waals surface area contributed by atoms with Crippen LogP contribution in [0.2, 0.25) is 0 Å². The molecule has 0 bridgehead atoms. The highest BCUT2D eigenvalue weighted by atomic mass is 32.1. The van der Waals surface area contributed by atoms with Crippen LogP contribution in [0.5, 0.6) is 0 Å². The zero-order valence-corrected chi connectivity index (χ0v) is 11.5. The van der Waals surface area contributed by atoms with Gasteiger partial charge in [0.1, 0.15) is 5.01 Å². The first kappa shape index (κ1) is 14.1. The van der Waals surface area contributed by atoms with Gasteiger partial charge in [0.25, 0.3) is 0 Å². The van der Waals surface area contributed by atoms with Crippen molar-refractivity contribution in [3.8, 4) is 0 Å². The van der Waals surface area contributed by atoms with Gasteiger partial charge in [-0.05, 0) is 19.8 Å². The highest BCUT2D eigenvalue weighted by molar-refractivity contribution is 7.09. The lowest BCUT2D eigenvalue weighted by Gasteiger charge is -2.28. The maximum Gasteiger partial charge on any atom is 0.237 e. The van der Waals surface area contributed by atoms with Crippen molar-refractivity contribution in [2.75, 3.05) is 0 Å². The lowest BCUT2D eigenvalue weighted by molar-refractivity contribution is -0.124. The molecular weight excluding hydrogens is 234 g/mol. The number of thiazole rings is 1. The van der Waals surface area contributed by atoms with E-state index in [2.05, 4.69) is 10.3 Å². The molecule has 4 nitrogen and oxygen atoms in total. The second kappa shape index (κ2) is 6.12. The average molecular weight is 255 g/mol. The van der Waals surface area contributed by atoms with Crippen molar-refractivity contribution in [3.63, 3.8) is 0 Å². The maximum absolute atomic E-state index is 11.9. The molecule has 1 aromatic rings. The molecule has 0 saturated carbocycles. The summed E-state index contributed by atoms with van der Waals surface area (Å²) in [6, 6.07) is -0.425. The number of amides is 1. The molecule has 1 aromatic heterocycles. The van der Waals surface area contributed by atoms with Gasteiger partial charge in [-0.1, -0.05) is 20.3 Å². The normalized spacial score (nSPS) is 16.2. The first-order valence-electron chi connectivity index (χ1n) is 6.01. The molecule has 3 N–H and O–H groups in total. The molecule has 0 radical (unpaired) electrons. The van der Waals surface area contributed by atoms with Gasteiger partial charge >= 0.3 is 0 Å². The van der Waals surface area contributed by atoms with Crippen molar-refractivity contribution >= 4 is 17.2 Å². The van der Waals surface area contributed by atoms with Gasteiger partial charge in [0.05, 0.1) is 11.6 Å². The van der Waals surface area contributed by atoms with E-state index in [9.17, 15) is 4.79 Å². The molecule has 0 fully saturated rings. The molecule has 0 saturated heterocycles. The van der Waals surface area contributed by atoms with Crippen molar-refractivity contribution < 1.29 is 4.79 Å². The van der Waals surface area contributed by atoms with E-state index in [-0.39, 0.29) is 5.91 Å². The fourth-order valence-electron chi connectivity index (χ4n) is 1.60. The first-order valence-corrected chi connectivity index (χ1v) is 6.89. The van der Waals surface area contributed by atoms with Gasteiger partial charge in [0, 0.05) is 11.6 Å². The summed E-state index contributed by atoms with van der Waals surface area (Å²) in [5, 5.41) is 5.86. The van der Waals surface area contributed by atoms with E-state index in [1.54, 1.807) is 17.5 Å². The first-order chi connectivity index (χ1) is 8.03. The van der Waals surface area contributed by atoms with Gasteiger partial charge in [0.2, 0.25) is 5.91 Å². The second-order valence-electron chi connectivity index (χ2n) is 4.41. The molecule has 0 spiro atoms. The number of aromatic nitrogens is 1. The lowest BCUT2D eigenvalue weighted by Crippen LogP contribution is -2.50. The molecule has 0 aromatic carbocycles. The Balaban J connectivity index is 2.73. The number of nitrogens with zero attached hydrogens (tertiary/aromatic N) is 1. The Labute approximate surface area is 107 Å². The quantitative estimate of drug-likeness (QED) is 0.817. The smallest absolute Gasteiger partial charge is 0.237 e. The van der Waals surface area contributed by atoms with Crippen LogP contribution in [0.15, 0.2) is 11.6 Å². The SMILES string of the molecule is CCCC(N)C(=O)NC(C)(CC)c1nccs1.